The van der Waals surface area contributed by atoms with E-state index >= 15 is 0 Å². The van der Waals surface area contributed by atoms with E-state index in [9.17, 15) is 5.11 Å². The smallest absolute Gasteiger partial charge is 0.108 e. The summed E-state index contributed by atoms with van der Waals surface area (Å²) in [6, 6.07) is 1.44. The number of aliphatic hydroxyl groups excluding tert-OH is 1. The summed E-state index contributed by atoms with van der Waals surface area (Å²) in [5.74, 6) is 0. The quantitative estimate of drug-likeness (QED) is 0.729. The monoisotopic (exact) mass is 188 g/mol. The first-order valence-electron chi connectivity index (χ1n) is 3.77. The zero-order valence-electron chi connectivity index (χ0n) is 7.16. The molecule has 2 unspecified atom stereocenters. The first-order valence-corrected chi connectivity index (χ1v) is 4.15. The molecule has 0 bridgehead atoms. The number of aliphatic hydroxyl groups is 1. The predicted octanol–water partition coefficient (Wildman–Crippen LogP) is 1.06. The number of aryl methyl sites for hydroxylation is 1. The van der Waals surface area contributed by atoms with Gasteiger partial charge < -0.3 is 15.4 Å². The molecule has 3 N–H and O–H groups in total. The number of nitrogens with two attached hydrogens (primary N) is 1. The summed E-state index contributed by atoms with van der Waals surface area (Å²) in [7, 11) is 1.82. The SMILES string of the molecule is CC(N)C(O)c1cc(Cl)n(C)c1. The fourth-order valence-corrected chi connectivity index (χ4v) is 1.20. The molecule has 1 rings (SSSR count). The minimum atomic E-state index is -0.635. The normalized spacial score (nSPS) is 16.1. The highest BCUT2D eigenvalue weighted by atomic mass is 35.5. The minimum absolute atomic E-state index is 0.275. The maximum Gasteiger partial charge on any atom is 0.108 e. The standard InChI is InChI=1S/C8H13ClN2O/c1-5(10)8(12)6-3-7(9)11(2)4-6/h3-5,8,12H,10H2,1-2H3. The van der Waals surface area contributed by atoms with Crippen molar-refractivity contribution >= 4 is 11.6 Å². The third kappa shape index (κ3) is 1.80. The molecule has 3 nitrogen and oxygen atoms in total. The van der Waals surface area contributed by atoms with E-state index in [0.29, 0.717) is 5.15 Å². The van der Waals surface area contributed by atoms with E-state index in [1.165, 1.54) is 0 Å². The Morgan fingerprint density at radius 1 is 1.67 bits per heavy atom. The van der Waals surface area contributed by atoms with Crippen LogP contribution >= 0.6 is 11.6 Å². The molecule has 4 heteroatoms. The Kier molecular flexibility index (Phi) is 2.77. The molecule has 0 spiro atoms. The number of rotatable bonds is 2. The summed E-state index contributed by atoms with van der Waals surface area (Å²) in [5, 5.41) is 10.1. The van der Waals surface area contributed by atoms with Gasteiger partial charge in [-0.3, -0.25) is 0 Å². The van der Waals surface area contributed by atoms with Crippen LogP contribution in [-0.2, 0) is 7.05 Å². The van der Waals surface area contributed by atoms with Gasteiger partial charge >= 0.3 is 0 Å². The van der Waals surface area contributed by atoms with Crippen LogP contribution < -0.4 is 5.73 Å². The van der Waals surface area contributed by atoms with Crippen LogP contribution in [0.15, 0.2) is 12.3 Å². The zero-order valence-corrected chi connectivity index (χ0v) is 7.92. The van der Waals surface area contributed by atoms with Gasteiger partial charge in [0.2, 0.25) is 0 Å². The van der Waals surface area contributed by atoms with E-state index in [0.717, 1.165) is 5.56 Å². The molecule has 0 saturated heterocycles. The topological polar surface area (TPSA) is 51.2 Å². The van der Waals surface area contributed by atoms with Crippen LogP contribution in [0.25, 0.3) is 0 Å². The van der Waals surface area contributed by atoms with Gasteiger partial charge in [0, 0.05) is 24.8 Å². The van der Waals surface area contributed by atoms with Crippen LogP contribution in [-0.4, -0.2) is 15.7 Å². The molecule has 12 heavy (non-hydrogen) atoms. The summed E-state index contributed by atoms with van der Waals surface area (Å²) in [6.45, 7) is 1.76. The van der Waals surface area contributed by atoms with Gasteiger partial charge in [0.1, 0.15) is 5.15 Å². The highest BCUT2D eigenvalue weighted by Crippen LogP contribution is 2.20. The molecule has 0 fully saturated rings. The van der Waals surface area contributed by atoms with E-state index in [-0.39, 0.29) is 6.04 Å². The summed E-state index contributed by atoms with van der Waals surface area (Å²) in [5.41, 5.74) is 6.29. The van der Waals surface area contributed by atoms with Crippen LogP contribution in [0.1, 0.15) is 18.6 Å². The van der Waals surface area contributed by atoms with Gasteiger partial charge in [-0.1, -0.05) is 11.6 Å². The van der Waals surface area contributed by atoms with Crippen molar-refractivity contribution in [2.24, 2.45) is 12.8 Å². The van der Waals surface area contributed by atoms with Gasteiger partial charge in [-0.2, -0.15) is 0 Å². The molecule has 0 aliphatic carbocycles. The minimum Gasteiger partial charge on any atom is -0.387 e. The lowest BCUT2D eigenvalue weighted by Gasteiger charge is -2.11. The van der Waals surface area contributed by atoms with E-state index in [4.69, 9.17) is 17.3 Å². The number of aromatic nitrogens is 1. The van der Waals surface area contributed by atoms with Crippen LogP contribution in [0, 0.1) is 0 Å². The van der Waals surface area contributed by atoms with Crippen molar-refractivity contribution in [3.8, 4) is 0 Å². The summed E-state index contributed by atoms with van der Waals surface area (Å²) in [4.78, 5) is 0. The lowest BCUT2D eigenvalue weighted by molar-refractivity contribution is 0.153. The van der Waals surface area contributed by atoms with Crippen molar-refractivity contribution in [2.75, 3.05) is 0 Å². The molecule has 2 atom stereocenters. The van der Waals surface area contributed by atoms with Gasteiger partial charge in [-0.05, 0) is 13.0 Å². The number of nitrogens with zero attached hydrogens (tertiary/aromatic N) is 1. The van der Waals surface area contributed by atoms with Gasteiger partial charge in [0.15, 0.2) is 0 Å². The van der Waals surface area contributed by atoms with Crippen molar-refractivity contribution < 1.29 is 5.11 Å². The fraction of sp³-hybridized carbons (Fsp3) is 0.500. The Hall–Kier alpha value is -0.510. The Bertz CT molecular complexity index is 251. The summed E-state index contributed by atoms with van der Waals surface area (Å²) < 4.78 is 1.74. The highest BCUT2D eigenvalue weighted by Gasteiger charge is 2.14. The Balaban J connectivity index is 2.89. The Labute approximate surface area is 76.7 Å². The highest BCUT2D eigenvalue weighted by molar-refractivity contribution is 6.29. The third-order valence-electron chi connectivity index (χ3n) is 1.80. The Morgan fingerprint density at radius 3 is 2.58 bits per heavy atom. The van der Waals surface area contributed by atoms with Gasteiger partial charge in [0.05, 0.1) is 6.10 Å². The van der Waals surface area contributed by atoms with Crippen LogP contribution in [0.4, 0.5) is 0 Å². The average molecular weight is 189 g/mol. The molecule has 0 aliphatic rings. The molecule has 1 aromatic rings. The molecule has 1 heterocycles. The molecule has 68 valence electrons. The van der Waals surface area contributed by atoms with Gasteiger partial charge in [-0.15, -0.1) is 0 Å². The van der Waals surface area contributed by atoms with Gasteiger partial charge in [-0.25, -0.2) is 0 Å². The maximum absolute atomic E-state index is 9.54. The van der Waals surface area contributed by atoms with Crippen molar-refractivity contribution in [2.45, 2.75) is 19.1 Å². The molecule has 0 amide bonds. The van der Waals surface area contributed by atoms with Crippen LogP contribution in [0.2, 0.25) is 5.15 Å². The molecule has 0 radical (unpaired) electrons. The second kappa shape index (κ2) is 3.47. The first kappa shape index (κ1) is 9.58. The second-order valence-electron chi connectivity index (χ2n) is 3.01. The Morgan fingerprint density at radius 2 is 2.25 bits per heavy atom. The largest absolute Gasteiger partial charge is 0.387 e. The van der Waals surface area contributed by atoms with E-state index in [2.05, 4.69) is 0 Å². The number of hydrogen-bond donors (Lipinski definition) is 2. The average Bonchev–Trinajstić information content (AvgIpc) is 2.30. The molecule has 0 aliphatic heterocycles. The maximum atomic E-state index is 9.54. The fourth-order valence-electron chi connectivity index (χ4n) is 1.03. The molecular formula is C8H13ClN2O. The molecular weight excluding hydrogens is 176 g/mol. The first-order chi connectivity index (χ1) is 5.52. The van der Waals surface area contributed by atoms with E-state index in [1.54, 1.807) is 23.8 Å². The molecule has 1 aromatic heterocycles. The van der Waals surface area contributed by atoms with Crippen molar-refractivity contribution in [1.82, 2.24) is 4.57 Å². The molecule has 0 saturated carbocycles. The van der Waals surface area contributed by atoms with E-state index < -0.39 is 6.10 Å². The number of halogens is 1. The lowest BCUT2D eigenvalue weighted by Crippen LogP contribution is -2.23. The van der Waals surface area contributed by atoms with Crippen LogP contribution in [0.3, 0.4) is 0 Å². The van der Waals surface area contributed by atoms with Crippen molar-refractivity contribution in [1.29, 1.82) is 0 Å². The second-order valence-corrected chi connectivity index (χ2v) is 3.40. The summed E-state index contributed by atoms with van der Waals surface area (Å²) >= 11 is 5.79. The van der Waals surface area contributed by atoms with Crippen LogP contribution in [0.5, 0.6) is 0 Å². The predicted molar refractivity (Wildman–Crippen MR) is 49.0 cm³/mol. The van der Waals surface area contributed by atoms with Crippen molar-refractivity contribution in [3.05, 3.63) is 23.0 Å². The zero-order chi connectivity index (χ0) is 9.30. The number of hydrogen-bond acceptors (Lipinski definition) is 2. The third-order valence-corrected chi connectivity index (χ3v) is 2.18. The van der Waals surface area contributed by atoms with Gasteiger partial charge in [0.25, 0.3) is 0 Å². The van der Waals surface area contributed by atoms with E-state index in [1.807, 2.05) is 7.05 Å². The molecule has 0 aromatic carbocycles. The van der Waals surface area contributed by atoms with Crippen molar-refractivity contribution in [3.63, 3.8) is 0 Å². The lowest BCUT2D eigenvalue weighted by atomic mass is 10.1. The summed E-state index contributed by atoms with van der Waals surface area (Å²) in [6.07, 6.45) is 1.14.